The maximum Gasteiger partial charge on any atom is 0.262 e. The van der Waals surface area contributed by atoms with E-state index in [4.69, 9.17) is 15.0 Å². The number of aryl methyl sites for hydroxylation is 1. The van der Waals surface area contributed by atoms with Gasteiger partial charge in [-0.3, -0.25) is 29.4 Å². The van der Waals surface area contributed by atoms with E-state index in [1.54, 1.807) is 18.2 Å². The van der Waals surface area contributed by atoms with Gasteiger partial charge in [0, 0.05) is 24.5 Å². The largest absolute Gasteiger partial charge is 0.379 e. The second-order valence-corrected chi connectivity index (χ2v) is 7.11. The predicted molar refractivity (Wildman–Crippen MR) is 107 cm³/mol. The van der Waals surface area contributed by atoms with Gasteiger partial charge < -0.3 is 9.47 Å². The van der Waals surface area contributed by atoms with Crippen molar-refractivity contribution in [2.24, 2.45) is 5.11 Å². The number of nitrogens with one attached hydrogen (secondary N) is 1. The lowest BCUT2D eigenvalue weighted by Gasteiger charge is -2.27. The fourth-order valence-electron chi connectivity index (χ4n) is 3.52. The van der Waals surface area contributed by atoms with Crippen LogP contribution in [0.4, 0.5) is 0 Å². The van der Waals surface area contributed by atoms with Gasteiger partial charge in [-0.1, -0.05) is 11.2 Å². The van der Waals surface area contributed by atoms with Crippen molar-refractivity contribution in [3.63, 3.8) is 0 Å². The van der Waals surface area contributed by atoms with Gasteiger partial charge in [-0.2, -0.15) is 0 Å². The molecule has 0 saturated carbocycles. The standard InChI is InChI=1S/C20H23N5O6/c21-24-22-7-9-31-11-10-30-8-1-2-13-3-4-14-15(12-13)20(29)25(19(14)28)16-5-6-17(26)23-18(16)27/h3-4,12,16H,1-2,5-11H2,(H,23,26,27). The topological polar surface area (TPSA) is 151 Å². The van der Waals surface area contributed by atoms with E-state index in [0.29, 0.717) is 32.8 Å². The Kier molecular flexibility index (Phi) is 7.71. The van der Waals surface area contributed by atoms with Gasteiger partial charge in [0.05, 0.1) is 30.9 Å². The van der Waals surface area contributed by atoms with Gasteiger partial charge in [0.2, 0.25) is 11.8 Å². The first-order valence-corrected chi connectivity index (χ1v) is 10.0. The second kappa shape index (κ2) is 10.7. The highest BCUT2D eigenvalue weighted by atomic mass is 16.5. The van der Waals surface area contributed by atoms with Crippen molar-refractivity contribution in [3.8, 4) is 0 Å². The molecular weight excluding hydrogens is 406 g/mol. The fraction of sp³-hybridized carbons (Fsp3) is 0.500. The van der Waals surface area contributed by atoms with Crippen LogP contribution >= 0.6 is 0 Å². The SMILES string of the molecule is [N-]=[N+]=NCCOCCOCCCc1ccc2c(c1)C(=O)N(C1CCC(=O)NC1=O)C2=O. The summed E-state index contributed by atoms with van der Waals surface area (Å²) in [5.74, 6) is -2.04. The molecule has 11 heteroatoms. The number of ether oxygens (including phenoxy) is 2. The molecule has 1 N–H and O–H groups in total. The summed E-state index contributed by atoms with van der Waals surface area (Å²) in [6, 6.07) is 4.11. The summed E-state index contributed by atoms with van der Waals surface area (Å²) in [4.78, 5) is 52.5. The van der Waals surface area contributed by atoms with E-state index in [-0.39, 0.29) is 30.5 Å². The number of imide groups is 2. The number of benzene rings is 1. The van der Waals surface area contributed by atoms with Gasteiger partial charge in [-0.15, -0.1) is 0 Å². The quantitative estimate of drug-likeness (QED) is 0.184. The van der Waals surface area contributed by atoms with E-state index in [9.17, 15) is 19.2 Å². The molecule has 1 saturated heterocycles. The molecule has 11 nitrogen and oxygen atoms in total. The van der Waals surface area contributed by atoms with E-state index < -0.39 is 29.7 Å². The lowest BCUT2D eigenvalue weighted by atomic mass is 10.0. The molecule has 0 aromatic heterocycles. The van der Waals surface area contributed by atoms with E-state index in [2.05, 4.69) is 15.3 Å². The van der Waals surface area contributed by atoms with Crippen LogP contribution in [-0.2, 0) is 25.5 Å². The molecule has 0 spiro atoms. The molecule has 0 aliphatic carbocycles. The molecule has 1 unspecified atom stereocenters. The Balaban J connectivity index is 1.47. The average Bonchev–Trinajstić information content (AvgIpc) is 2.99. The Morgan fingerprint density at radius 3 is 2.55 bits per heavy atom. The molecule has 164 valence electrons. The van der Waals surface area contributed by atoms with Crippen LogP contribution in [-0.4, -0.2) is 67.5 Å². The first-order chi connectivity index (χ1) is 15.0. The van der Waals surface area contributed by atoms with Crippen molar-refractivity contribution >= 4 is 23.6 Å². The summed E-state index contributed by atoms with van der Waals surface area (Å²) >= 11 is 0. The number of fused-ring (bicyclic) bond motifs is 1. The lowest BCUT2D eigenvalue weighted by molar-refractivity contribution is -0.136. The Labute approximate surface area is 178 Å². The van der Waals surface area contributed by atoms with Gasteiger partial charge >= 0.3 is 0 Å². The molecule has 1 aromatic carbocycles. The van der Waals surface area contributed by atoms with Crippen LogP contribution in [0.25, 0.3) is 10.4 Å². The summed E-state index contributed by atoms with van der Waals surface area (Å²) in [5.41, 5.74) is 9.58. The molecule has 4 amide bonds. The van der Waals surface area contributed by atoms with Gasteiger partial charge in [0.1, 0.15) is 6.04 Å². The molecule has 2 aliphatic heterocycles. The van der Waals surface area contributed by atoms with Crippen LogP contribution in [0, 0.1) is 0 Å². The molecule has 2 aliphatic rings. The van der Waals surface area contributed by atoms with Gasteiger partial charge in [0.15, 0.2) is 0 Å². The number of carbonyl (C=O) groups is 4. The number of piperidine rings is 1. The number of hydrogen-bond donors (Lipinski definition) is 1. The van der Waals surface area contributed by atoms with Crippen LogP contribution in [0.5, 0.6) is 0 Å². The molecule has 3 rings (SSSR count). The summed E-state index contributed by atoms with van der Waals surface area (Å²) in [6.45, 7) is 1.98. The van der Waals surface area contributed by atoms with Gasteiger partial charge in [-0.05, 0) is 42.5 Å². The van der Waals surface area contributed by atoms with Crippen molar-refractivity contribution < 1.29 is 28.7 Å². The van der Waals surface area contributed by atoms with Gasteiger partial charge in [0.25, 0.3) is 11.8 Å². The van der Waals surface area contributed by atoms with Crippen LogP contribution in [0.1, 0.15) is 45.5 Å². The maximum atomic E-state index is 12.8. The predicted octanol–water partition coefficient (Wildman–Crippen LogP) is 1.36. The normalized spacial score (nSPS) is 18.1. The van der Waals surface area contributed by atoms with E-state index >= 15 is 0 Å². The minimum absolute atomic E-state index is 0.0912. The highest BCUT2D eigenvalue weighted by Crippen LogP contribution is 2.28. The van der Waals surface area contributed by atoms with Crippen molar-refractivity contribution in [2.45, 2.75) is 31.7 Å². The van der Waals surface area contributed by atoms with Crippen LogP contribution < -0.4 is 5.32 Å². The van der Waals surface area contributed by atoms with Crippen molar-refractivity contribution in [2.75, 3.05) is 33.0 Å². The zero-order valence-electron chi connectivity index (χ0n) is 16.9. The number of azide groups is 1. The smallest absolute Gasteiger partial charge is 0.262 e. The first-order valence-electron chi connectivity index (χ1n) is 10.0. The maximum absolute atomic E-state index is 12.8. The molecule has 31 heavy (non-hydrogen) atoms. The first kappa shape index (κ1) is 22.4. The Hall–Kier alpha value is -3.27. The van der Waals surface area contributed by atoms with E-state index in [0.717, 1.165) is 16.9 Å². The lowest BCUT2D eigenvalue weighted by Crippen LogP contribution is -2.54. The zero-order chi connectivity index (χ0) is 22.2. The Morgan fingerprint density at radius 1 is 1.06 bits per heavy atom. The monoisotopic (exact) mass is 429 g/mol. The van der Waals surface area contributed by atoms with E-state index in [1.807, 2.05) is 0 Å². The zero-order valence-corrected chi connectivity index (χ0v) is 16.9. The number of carbonyl (C=O) groups excluding carboxylic acids is 4. The molecule has 1 aromatic rings. The number of hydrogen-bond acceptors (Lipinski definition) is 7. The third-order valence-corrected chi connectivity index (χ3v) is 5.03. The third-order valence-electron chi connectivity index (χ3n) is 5.03. The summed E-state index contributed by atoms with van der Waals surface area (Å²) in [5, 5.41) is 5.54. The van der Waals surface area contributed by atoms with Crippen LogP contribution in [0.3, 0.4) is 0 Å². The number of nitrogens with zero attached hydrogens (tertiary/aromatic N) is 4. The second-order valence-electron chi connectivity index (χ2n) is 7.11. The molecule has 0 radical (unpaired) electrons. The van der Waals surface area contributed by atoms with Crippen LogP contribution in [0.15, 0.2) is 23.3 Å². The molecule has 2 heterocycles. The molecule has 0 bridgehead atoms. The fourth-order valence-corrected chi connectivity index (χ4v) is 3.52. The average molecular weight is 429 g/mol. The minimum Gasteiger partial charge on any atom is -0.379 e. The van der Waals surface area contributed by atoms with E-state index in [1.165, 1.54) is 0 Å². The summed E-state index contributed by atoms with van der Waals surface area (Å²) in [7, 11) is 0. The highest BCUT2D eigenvalue weighted by Gasteiger charge is 2.44. The molecule has 1 fully saturated rings. The van der Waals surface area contributed by atoms with Crippen LogP contribution in [0.2, 0.25) is 0 Å². The molecular formula is C20H23N5O6. The van der Waals surface area contributed by atoms with Gasteiger partial charge in [-0.25, -0.2) is 0 Å². The Bertz CT molecular complexity index is 927. The Morgan fingerprint density at radius 2 is 1.81 bits per heavy atom. The highest BCUT2D eigenvalue weighted by molar-refractivity contribution is 6.23. The summed E-state index contributed by atoms with van der Waals surface area (Å²) < 4.78 is 10.7. The third kappa shape index (κ3) is 5.46. The number of rotatable bonds is 11. The molecule has 1 atom stereocenters. The number of amides is 4. The van der Waals surface area contributed by atoms with Crippen molar-refractivity contribution in [1.29, 1.82) is 0 Å². The van der Waals surface area contributed by atoms with Crippen molar-refractivity contribution in [1.82, 2.24) is 10.2 Å². The minimum atomic E-state index is -0.962. The summed E-state index contributed by atoms with van der Waals surface area (Å²) in [6.07, 6.45) is 1.60. The van der Waals surface area contributed by atoms with Crippen molar-refractivity contribution in [3.05, 3.63) is 45.3 Å².